The number of aromatic nitrogens is 1. The number of nitrogens with zero attached hydrogens (tertiary/aromatic N) is 1. The third-order valence-electron chi connectivity index (χ3n) is 3.05. The number of nitrogens with one attached hydrogen (secondary N) is 2. The Morgan fingerprint density at radius 3 is 2.52 bits per heavy atom. The molecule has 1 aromatic heterocycles. The smallest absolute Gasteiger partial charge is 0.263 e. The molecule has 0 fully saturated rings. The van der Waals surface area contributed by atoms with Crippen LogP contribution in [0.25, 0.3) is 0 Å². The van der Waals surface area contributed by atoms with Gasteiger partial charge in [0, 0.05) is 31.2 Å². The van der Waals surface area contributed by atoms with Crippen molar-refractivity contribution in [3.8, 4) is 0 Å². The van der Waals surface area contributed by atoms with E-state index in [0.717, 1.165) is 12.2 Å². The normalized spacial score (nSPS) is 11.6. The van der Waals surface area contributed by atoms with Crippen LogP contribution in [0.3, 0.4) is 0 Å². The number of halogens is 1. The maximum atomic E-state index is 12.8. The van der Waals surface area contributed by atoms with Crippen LogP contribution in [0.2, 0.25) is 0 Å². The SMILES string of the molecule is CCNCc1cc(S(=O)(=O)Nc2ccc(F)cc2)cn1C. The fourth-order valence-corrected chi connectivity index (χ4v) is 3.04. The van der Waals surface area contributed by atoms with Gasteiger partial charge >= 0.3 is 0 Å². The van der Waals surface area contributed by atoms with Gasteiger partial charge in [-0.1, -0.05) is 6.92 Å². The maximum Gasteiger partial charge on any atom is 0.263 e. The van der Waals surface area contributed by atoms with Crippen LogP contribution in [0.1, 0.15) is 12.6 Å². The predicted octanol–water partition coefficient (Wildman–Crippen LogP) is 2.07. The predicted molar refractivity (Wildman–Crippen MR) is 80.0 cm³/mol. The van der Waals surface area contributed by atoms with Gasteiger partial charge in [0.2, 0.25) is 0 Å². The van der Waals surface area contributed by atoms with Crippen LogP contribution in [0, 0.1) is 5.82 Å². The summed E-state index contributed by atoms with van der Waals surface area (Å²) in [5.74, 6) is -0.411. The summed E-state index contributed by atoms with van der Waals surface area (Å²) in [5, 5.41) is 3.15. The first-order chi connectivity index (χ1) is 9.92. The highest BCUT2D eigenvalue weighted by Gasteiger charge is 2.17. The third kappa shape index (κ3) is 3.83. The molecule has 0 bridgehead atoms. The Morgan fingerprint density at radius 2 is 1.90 bits per heavy atom. The van der Waals surface area contributed by atoms with Gasteiger partial charge in [0.15, 0.2) is 0 Å². The van der Waals surface area contributed by atoms with E-state index in [2.05, 4.69) is 10.0 Å². The summed E-state index contributed by atoms with van der Waals surface area (Å²) >= 11 is 0. The molecule has 0 radical (unpaired) electrons. The van der Waals surface area contributed by atoms with Gasteiger partial charge in [0.05, 0.1) is 0 Å². The topological polar surface area (TPSA) is 63.1 Å². The Bertz CT molecular complexity index is 708. The van der Waals surface area contributed by atoms with Crippen LogP contribution in [0.4, 0.5) is 10.1 Å². The Morgan fingerprint density at radius 1 is 1.24 bits per heavy atom. The van der Waals surface area contributed by atoms with Gasteiger partial charge in [0.25, 0.3) is 10.0 Å². The first kappa shape index (κ1) is 15.5. The fourth-order valence-electron chi connectivity index (χ4n) is 1.88. The first-order valence-electron chi connectivity index (χ1n) is 6.56. The number of aryl methyl sites for hydroxylation is 1. The third-order valence-corrected chi connectivity index (χ3v) is 4.39. The molecule has 1 aromatic carbocycles. The van der Waals surface area contributed by atoms with Gasteiger partial charge in [-0.05, 0) is 36.9 Å². The van der Waals surface area contributed by atoms with E-state index in [1.54, 1.807) is 23.9 Å². The lowest BCUT2D eigenvalue weighted by Crippen LogP contribution is -2.14. The largest absolute Gasteiger partial charge is 0.352 e. The molecule has 2 N–H and O–H groups in total. The number of anilines is 1. The van der Waals surface area contributed by atoms with Gasteiger partial charge in [-0.3, -0.25) is 4.72 Å². The molecule has 1 heterocycles. The molecule has 0 saturated carbocycles. The van der Waals surface area contributed by atoms with E-state index in [9.17, 15) is 12.8 Å². The van der Waals surface area contributed by atoms with Crippen molar-refractivity contribution in [3.05, 3.63) is 48.0 Å². The van der Waals surface area contributed by atoms with Crippen molar-refractivity contribution in [1.82, 2.24) is 9.88 Å². The van der Waals surface area contributed by atoms with Crippen LogP contribution in [-0.4, -0.2) is 19.5 Å². The van der Waals surface area contributed by atoms with Gasteiger partial charge in [0.1, 0.15) is 10.7 Å². The van der Waals surface area contributed by atoms with Crippen molar-refractivity contribution in [2.24, 2.45) is 7.05 Å². The van der Waals surface area contributed by atoms with Crippen molar-refractivity contribution < 1.29 is 12.8 Å². The quantitative estimate of drug-likeness (QED) is 0.858. The molecule has 0 aliphatic carbocycles. The number of rotatable bonds is 6. The Balaban J connectivity index is 2.21. The fraction of sp³-hybridized carbons (Fsp3) is 0.286. The van der Waals surface area contributed by atoms with Crippen molar-refractivity contribution in [3.63, 3.8) is 0 Å². The molecule has 0 aliphatic rings. The molecular formula is C14H18FN3O2S. The number of sulfonamides is 1. The molecule has 114 valence electrons. The van der Waals surface area contributed by atoms with Crippen molar-refractivity contribution in [1.29, 1.82) is 0 Å². The summed E-state index contributed by atoms with van der Waals surface area (Å²) in [7, 11) is -1.88. The Kier molecular flexibility index (Phi) is 4.64. The minimum absolute atomic E-state index is 0.183. The molecule has 21 heavy (non-hydrogen) atoms. The van der Waals surface area contributed by atoms with Gasteiger partial charge in [-0.2, -0.15) is 0 Å². The molecule has 0 unspecified atom stereocenters. The van der Waals surface area contributed by atoms with Gasteiger partial charge < -0.3 is 9.88 Å². The zero-order chi connectivity index (χ0) is 15.5. The molecule has 0 aliphatic heterocycles. The molecule has 7 heteroatoms. The average molecular weight is 311 g/mol. The number of hydrogen-bond donors (Lipinski definition) is 2. The average Bonchev–Trinajstić information content (AvgIpc) is 2.81. The molecule has 0 saturated heterocycles. The molecular weight excluding hydrogens is 293 g/mol. The zero-order valence-corrected chi connectivity index (χ0v) is 12.7. The molecule has 0 atom stereocenters. The maximum absolute atomic E-state index is 12.8. The second-order valence-corrected chi connectivity index (χ2v) is 6.35. The van der Waals surface area contributed by atoms with Crippen molar-refractivity contribution in [2.75, 3.05) is 11.3 Å². The lowest BCUT2D eigenvalue weighted by atomic mass is 10.3. The second kappa shape index (κ2) is 6.28. The van der Waals surface area contributed by atoms with E-state index in [-0.39, 0.29) is 4.90 Å². The molecule has 0 amide bonds. The monoisotopic (exact) mass is 311 g/mol. The first-order valence-corrected chi connectivity index (χ1v) is 8.05. The van der Waals surface area contributed by atoms with Crippen LogP contribution in [0.15, 0.2) is 41.4 Å². The molecule has 2 aromatic rings. The Labute approximate surface area is 123 Å². The zero-order valence-electron chi connectivity index (χ0n) is 11.9. The summed E-state index contributed by atoms with van der Waals surface area (Å²) in [5.41, 5.74) is 1.20. The number of hydrogen-bond acceptors (Lipinski definition) is 3. The van der Waals surface area contributed by atoms with E-state index in [0.29, 0.717) is 12.2 Å². The summed E-state index contributed by atoms with van der Waals surface area (Å²) < 4.78 is 41.6. The van der Waals surface area contributed by atoms with Crippen LogP contribution in [-0.2, 0) is 23.6 Å². The standard InChI is InChI=1S/C14H18FN3O2S/c1-3-16-9-13-8-14(10-18(13)2)21(19,20)17-12-6-4-11(15)5-7-12/h4-8,10,16-17H,3,9H2,1-2H3. The minimum atomic E-state index is -3.67. The summed E-state index contributed by atoms with van der Waals surface area (Å²) in [6, 6.07) is 6.80. The van der Waals surface area contributed by atoms with Crippen LogP contribution in [0.5, 0.6) is 0 Å². The summed E-state index contributed by atoms with van der Waals surface area (Å²) in [6.07, 6.45) is 1.55. The van der Waals surface area contributed by atoms with Gasteiger partial charge in [-0.25, -0.2) is 12.8 Å². The van der Waals surface area contributed by atoms with Crippen molar-refractivity contribution >= 4 is 15.7 Å². The highest BCUT2D eigenvalue weighted by Crippen LogP contribution is 2.18. The number of benzene rings is 1. The van der Waals surface area contributed by atoms with Crippen molar-refractivity contribution in [2.45, 2.75) is 18.4 Å². The highest BCUT2D eigenvalue weighted by molar-refractivity contribution is 7.92. The van der Waals surface area contributed by atoms with Crippen LogP contribution >= 0.6 is 0 Å². The van der Waals surface area contributed by atoms with E-state index < -0.39 is 15.8 Å². The molecule has 2 rings (SSSR count). The minimum Gasteiger partial charge on any atom is -0.352 e. The molecule has 0 spiro atoms. The van der Waals surface area contributed by atoms with E-state index in [1.165, 1.54) is 24.3 Å². The lowest BCUT2D eigenvalue weighted by Gasteiger charge is -2.05. The highest BCUT2D eigenvalue weighted by atomic mass is 32.2. The van der Waals surface area contributed by atoms with Gasteiger partial charge in [-0.15, -0.1) is 0 Å². The van der Waals surface area contributed by atoms with E-state index in [4.69, 9.17) is 0 Å². The van der Waals surface area contributed by atoms with E-state index in [1.807, 2.05) is 6.92 Å². The van der Waals surface area contributed by atoms with E-state index >= 15 is 0 Å². The lowest BCUT2D eigenvalue weighted by molar-refractivity contribution is 0.601. The van der Waals surface area contributed by atoms with Crippen LogP contribution < -0.4 is 10.0 Å². The molecule has 5 nitrogen and oxygen atoms in total. The Hall–Kier alpha value is -1.86. The second-order valence-electron chi connectivity index (χ2n) is 4.67. The summed E-state index contributed by atoms with van der Waals surface area (Å²) in [4.78, 5) is 0.183. The summed E-state index contributed by atoms with van der Waals surface area (Å²) in [6.45, 7) is 3.39.